The van der Waals surface area contributed by atoms with Gasteiger partial charge in [-0.1, -0.05) is 30.3 Å². The summed E-state index contributed by atoms with van der Waals surface area (Å²) in [6.07, 6.45) is 3.54. The smallest absolute Gasteiger partial charge is 0.387 e. The first-order chi connectivity index (χ1) is 10.2. The van der Waals surface area contributed by atoms with Crippen molar-refractivity contribution in [2.24, 2.45) is 0 Å². The van der Waals surface area contributed by atoms with E-state index >= 15 is 0 Å². The molecule has 0 aliphatic carbocycles. The van der Waals surface area contributed by atoms with E-state index in [1.54, 1.807) is 41.7 Å². The van der Waals surface area contributed by atoms with Crippen molar-refractivity contribution < 1.29 is 13.5 Å². The zero-order valence-corrected chi connectivity index (χ0v) is 11.7. The van der Waals surface area contributed by atoms with Crippen LogP contribution in [0.25, 0.3) is 22.4 Å². The van der Waals surface area contributed by atoms with Crippen LogP contribution in [0.3, 0.4) is 0 Å². The lowest BCUT2D eigenvalue weighted by Crippen LogP contribution is -2.02. The molecule has 21 heavy (non-hydrogen) atoms. The van der Waals surface area contributed by atoms with Crippen molar-refractivity contribution in [1.29, 1.82) is 0 Å². The quantitative estimate of drug-likeness (QED) is 0.671. The van der Waals surface area contributed by atoms with Crippen LogP contribution in [0.4, 0.5) is 8.78 Å². The molecule has 3 rings (SSSR count). The van der Waals surface area contributed by atoms with Gasteiger partial charge in [-0.3, -0.25) is 0 Å². The third kappa shape index (κ3) is 3.25. The predicted molar refractivity (Wildman–Crippen MR) is 81.6 cm³/mol. The summed E-state index contributed by atoms with van der Waals surface area (Å²) in [5, 5.41) is 0.822. The van der Waals surface area contributed by atoms with Crippen molar-refractivity contribution in [1.82, 2.24) is 4.98 Å². The lowest BCUT2D eigenvalue weighted by molar-refractivity contribution is -0.0499. The summed E-state index contributed by atoms with van der Waals surface area (Å²) in [6.45, 7) is -2.83. The number of hydrogen-bond acceptors (Lipinski definition) is 3. The van der Waals surface area contributed by atoms with E-state index in [0.717, 1.165) is 15.2 Å². The van der Waals surface area contributed by atoms with Crippen LogP contribution >= 0.6 is 11.3 Å². The van der Waals surface area contributed by atoms with Crippen LogP contribution in [0.5, 0.6) is 5.75 Å². The molecule has 0 bridgehead atoms. The molecule has 0 atom stereocenters. The fraction of sp³-hybridized carbons (Fsp3) is 0.0625. The molecule has 0 spiro atoms. The van der Waals surface area contributed by atoms with Crippen LogP contribution in [0, 0.1) is 0 Å². The van der Waals surface area contributed by atoms with E-state index in [1.807, 2.05) is 24.3 Å². The first kappa shape index (κ1) is 13.7. The number of nitrogens with zero attached hydrogens (tertiary/aromatic N) is 1. The van der Waals surface area contributed by atoms with Gasteiger partial charge in [-0.2, -0.15) is 8.78 Å². The molecule has 0 fully saturated rings. The van der Waals surface area contributed by atoms with Gasteiger partial charge in [0.15, 0.2) is 0 Å². The average molecular weight is 303 g/mol. The number of benzene rings is 2. The van der Waals surface area contributed by atoms with Gasteiger partial charge >= 0.3 is 6.61 Å². The zero-order valence-electron chi connectivity index (χ0n) is 10.9. The highest BCUT2D eigenvalue weighted by Crippen LogP contribution is 2.25. The van der Waals surface area contributed by atoms with Gasteiger partial charge in [0.05, 0.1) is 10.2 Å². The fourth-order valence-corrected chi connectivity index (χ4v) is 2.81. The molecule has 0 amide bonds. The van der Waals surface area contributed by atoms with Crippen LogP contribution < -0.4 is 4.74 Å². The molecular formula is C16H11F2NOS. The van der Waals surface area contributed by atoms with Crippen molar-refractivity contribution in [3.8, 4) is 5.75 Å². The first-order valence-electron chi connectivity index (χ1n) is 6.30. The van der Waals surface area contributed by atoms with E-state index in [-0.39, 0.29) is 5.75 Å². The Morgan fingerprint density at radius 2 is 1.76 bits per heavy atom. The number of ether oxygens (including phenoxy) is 1. The van der Waals surface area contributed by atoms with E-state index in [1.165, 1.54) is 6.07 Å². The van der Waals surface area contributed by atoms with Crippen LogP contribution in [0.2, 0.25) is 0 Å². The molecule has 0 saturated heterocycles. The molecule has 0 aliphatic rings. The van der Waals surface area contributed by atoms with Crippen LogP contribution in [0.1, 0.15) is 10.6 Å². The van der Waals surface area contributed by atoms with Gasteiger partial charge in [-0.25, -0.2) is 4.98 Å². The Hall–Kier alpha value is -2.27. The van der Waals surface area contributed by atoms with Gasteiger partial charge in [0.1, 0.15) is 10.8 Å². The Bertz CT molecular complexity index is 750. The molecule has 1 heterocycles. The summed E-state index contributed by atoms with van der Waals surface area (Å²) in [5.74, 6) is 0.157. The Morgan fingerprint density at radius 3 is 2.57 bits per heavy atom. The maximum Gasteiger partial charge on any atom is 0.387 e. The van der Waals surface area contributed by atoms with Crippen molar-refractivity contribution in [3.05, 3.63) is 59.1 Å². The van der Waals surface area contributed by atoms with Crippen molar-refractivity contribution in [2.75, 3.05) is 0 Å². The maximum absolute atomic E-state index is 12.3. The van der Waals surface area contributed by atoms with E-state index < -0.39 is 6.61 Å². The summed E-state index contributed by atoms with van der Waals surface area (Å²) in [6, 6.07) is 14.5. The second-order valence-electron chi connectivity index (χ2n) is 4.27. The lowest BCUT2D eigenvalue weighted by Gasteiger charge is -2.06. The van der Waals surface area contributed by atoms with Gasteiger partial charge < -0.3 is 4.74 Å². The highest BCUT2D eigenvalue weighted by molar-refractivity contribution is 7.19. The van der Waals surface area contributed by atoms with Crippen molar-refractivity contribution in [2.45, 2.75) is 6.61 Å². The maximum atomic E-state index is 12.3. The lowest BCUT2D eigenvalue weighted by atomic mass is 10.2. The minimum atomic E-state index is -2.83. The molecule has 0 radical (unpaired) electrons. The summed E-state index contributed by atoms with van der Waals surface area (Å²) in [5.41, 5.74) is 1.52. The summed E-state index contributed by atoms with van der Waals surface area (Å²) in [7, 11) is 0. The molecule has 1 aromatic heterocycles. The molecule has 2 aromatic carbocycles. The van der Waals surface area contributed by atoms with Crippen molar-refractivity contribution >= 4 is 33.7 Å². The number of halogens is 2. The molecule has 3 aromatic rings. The third-order valence-electron chi connectivity index (χ3n) is 2.85. The molecule has 5 heteroatoms. The largest absolute Gasteiger partial charge is 0.434 e. The van der Waals surface area contributed by atoms with E-state index in [9.17, 15) is 8.78 Å². The van der Waals surface area contributed by atoms with E-state index in [4.69, 9.17) is 0 Å². The average Bonchev–Trinajstić information content (AvgIpc) is 2.88. The molecule has 2 nitrogen and oxygen atoms in total. The third-order valence-corrected chi connectivity index (χ3v) is 3.85. The number of para-hydroxylation sites is 2. The topological polar surface area (TPSA) is 22.1 Å². The van der Waals surface area contributed by atoms with Crippen LogP contribution in [-0.2, 0) is 0 Å². The summed E-state index contributed by atoms with van der Waals surface area (Å²) < 4.78 is 30.3. The second kappa shape index (κ2) is 6.01. The van der Waals surface area contributed by atoms with Gasteiger partial charge in [0.2, 0.25) is 0 Å². The minimum Gasteiger partial charge on any atom is -0.434 e. The van der Waals surface area contributed by atoms with Crippen molar-refractivity contribution in [3.63, 3.8) is 0 Å². The molecule has 106 valence electrons. The standard InChI is InChI=1S/C16H11F2NOS/c17-16(18)20-13-7-3-1-5-11(13)9-10-15-19-12-6-2-4-8-14(12)21-15/h1-10,16H/b10-9+. The predicted octanol–water partition coefficient (Wildman–Crippen LogP) is 5.07. The van der Waals surface area contributed by atoms with E-state index in [0.29, 0.717) is 5.56 Å². The normalized spacial score (nSPS) is 11.6. The Labute approximate surface area is 124 Å². The Balaban J connectivity index is 1.88. The van der Waals surface area contributed by atoms with Gasteiger partial charge in [0, 0.05) is 5.56 Å². The molecule has 0 unspecified atom stereocenters. The van der Waals surface area contributed by atoms with Gasteiger partial charge in [0.25, 0.3) is 0 Å². The first-order valence-corrected chi connectivity index (χ1v) is 7.11. The number of rotatable bonds is 4. The van der Waals surface area contributed by atoms with Crippen LogP contribution in [0.15, 0.2) is 48.5 Å². The summed E-state index contributed by atoms with van der Waals surface area (Å²) in [4.78, 5) is 4.46. The Kier molecular flexibility index (Phi) is 3.92. The summed E-state index contributed by atoms with van der Waals surface area (Å²) >= 11 is 1.55. The highest BCUT2D eigenvalue weighted by Gasteiger charge is 2.07. The van der Waals surface area contributed by atoms with Gasteiger partial charge in [-0.15, -0.1) is 11.3 Å². The second-order valence-corrected chi connectivity index (χ2v) is 5.33. The SMILES string of the molecule is FC(F)Oc1ccccc1/C=C/c1nc2ccccc2s1. The number of aromatic nitrogens is 1. The molecule has 0 N–H and O–H groups in total. The highest BCUT2D eigenvalue weighted by atomic mass is 32.1. The number of thiazole rings is 1. The fourth-order valence-electron chi connectivity index (χ4n) is 1.94. The molecular weight excluding hydrogens is 292 g/mol. The number of alkyl halides is 2. The number of hydrogen-bond donors (Lipinski definition) is 0. The van der Waals surface area contributed by atoms with Gasteiger partial charge in [-0.05, 0) is 30.4 Å². The number of fused-ring (bicyclic) bond motifs is 1. The Morgan fingerprint density at radius 1 is 1.00 bits per heavy atom. The van der Waals surface area contributed by atoms with E-state index in [2.05, 4.69) is 9.72 Å². The molecule has 0 saturated carbocycles. The zero-order chi connectivity index (χ0) is 14.7. The van der Waals surface area contributed by atoms with Crippen LogP contribution in [-0.4, -0.2) is 11.6 Å². The minimum absolute atomic E-state index is 0.157. The monoisotopic (exact) mass is 303 g/mol. The molecule has 0 aliphatic heterocycles.